The van der Waals surface area contributed by atoms with Crippen molar-refractivity contribution in [2.24, 2.45) is 11.5 Å². The standard InChI is InChI=1S/C10H27N3O2Si/c1-9(12)10(5-7-13-8-6-11)16(4,14-2)15-3/h9-10,13H,5-8,11-12H2,1-4H3. The minimum atomic E-state index is -2.15. The van der Waals surface area contributed by atoms with Crippen molar-refractivity contribution in [3.63, 3.8) is 0 Å². The molecular formula is C10H27N3O2Si. The summed E-state index contributed by atoms with van der Waals surface area (Å²) >= 11 is 0. The van der Waals surface area contributed by atoms with Gasteiger partial charge >= 0.3 is 8.56 Å². The normalized spacial score (nSPS) is 16.1. The molecule has 5 nitrogen and oxygen atoms in total. The summed E-state index contributed by atoms with van der Waals surface area (Å²) in [7, 11) is 1.27. The first-order valence-electron chi connectivity index (χ1n) is 5.78. The van der Waals surface area contributed by atoms with Gasteiger partial charge in [-0.15, -0.1) is 0 Å². The fourth-order valence-electron chi connectivity index (χ4n) is 1.87. The van der Waals surface area contributed by atoms with Crippen molar-refractivity contribution in [1.82, 2.24) is 5.32 Å². The van der Waals surface area contributed by atoms with E-state index in [0.717, 1.165) is 19.5 Å². The molecule has 98 valence electrons. The van der Waals surface area contributed by atoms with Gasteiger partial charge in [0.1, 0.15) is 0 Å². The van der Waals surface area contributed by atoms with Crippen LogP contribution < -0.4 is 16.8 Å². The van der Waals surface area contributed by atoms with Crippen LogP contribution in [-0.4, -0.2) is 48.5 Å². The first-order valence-corrected chi connectivity index (χ1v) is 8.17. The van der Waals surface area contributed by atoms with Crippen molar-refractivity contribution in [3.05, 3.63) is 0 Å². The highest BCUT2D eigenvalue weighted by Crippen LogP contribution is 2.28. The molecule has 0 spiro atoms. The van der Waals surface area contributed by atoms with E-state index >= 15 is 0 Å². The minimum absolute atomic E-state index is 0.0799. The zero-order valence-electron chi connectivity index (χ0n) is 11.0. The Morgan fingerprint density at radius 3 is 2.19 bits per heavy atom. The summed E-state index contributed by atoms with van der Waals surface area (Å²) < 4.78 is 11.1. The molecule has 0 aromatic carbocycles. The predicted molar refractivity (Wildman–Crippen MR) is 69.6 cm³/mol. The van der Waals surface area contributed by atoms with E-state index in [1.54, 1.807) is 14.2 Å². The predicted octanol–water partition coefficient (Wildman–Crippen LogP) is 0.00700. The third-order valence-electron chi connectivity index (χ3n) is 3.07. The molecule has 0 heterocycles. The van der Waals surface area contributed by atoms with Crippen molar-refractivity contribution < 1.29 is 8.85 Å². The van der Waals surface area contributed by atoms with Gasteiger partial charge in [-0.2, -0.15) is 0 Å². The summed E-state index contributed by atoms with van der Waals surface area (Å²) in [6.45, 7) is 6.47. The fraction of sp³-hybridized carbons (Fsp3) is 1.00. The van der Waals surface area contributed by atoms with Crippen LogP contribution in [0.2, 0.25) is 12.1 Å². The maximum Gasteiger partial charge on any atom is 0.339 e. The third-order valence-corrected chi connectivity index (χ3v) is 6.85. The molecule has 2 unspecified atom stereocenters. The highest BCUT2D eigenvalue weighted by molar-refractivity contribution is 6.67. The molecule has 0 aliphatic carbocycles. The van der Waals surface area contributed by atoms with E-state index in [9.17, 15) is 0 Å². The monoisotopic (exact) mass is 249 g/mol. The fourth-order valence-corrected chi connectivity index (χ4v) is 4.27. The van der Waals surface area contributed by atoms with Crippen LogP contribution in [0, 0.1) is 0 Å². The second-order valence-electron chi connectivity index (χ2n) is 4.22. The zero-order chi connectivity index (χ0) is 12.6. The van der Waals surface area contributed by atoms with Gasteiger partial charge in [0, 0.05) is 38.9 Å². The average molecular weight is 249 g/mol. The van der Waals surface area contributed by atoms with Crippen molar-refractivity contribution in [1.29, 1.82) is 0 Å². The van der Waals surface area contributed by atoms with E-state index < -0.39 is 8.56 Å². The zero-order valence-corrected chi connectivity index (χ0v) is 12.0. The second kappa shape index (κ2) is 8.16. The van der Waals surface area contributed by atoms with Crippen LogP contribution in [0.4, 0.5) is 0 Å². The smallest absolute Gasteiger partial charge is 0.339 e. The van der Waals surface area contributed by atoms with Crippen LogP contribution in [-0.2, 0) is 8.85 Å². The Kier molecular flexibility index (Phi) is 8.17. The molecule has 0 rings (SSSR count). The Morgan fingerprint density at radius 2 is 1.81 bits per heavy atom. The van der Waals surface area contributed by atoms with Gasteiger partial charge in [0.25, 0.3) is 0 Å². The summed E-state index contributed by atoms with van der Waals surface area (Å²) in [6, 6.07) is 0.0799. The van der Waals surface area contributed by atoms with E-state index in [1.807, 2.05) is 6.92 Å². The molecule has 0 radical (unpaired) electrons. The largest absolute Gasteiger partial charge is 0.398 e. The summed E-state index contributed by atoms with van der Waals surface area (Å²) in [6.07, 6.45) is 0.960. The molecule has 0 fully saturated rings. The van der Waals surface area contributed by atoms with E-state index in [0.29, 0.717) is 6.54 Å². The van der Waals surface area contributed by atoms with E-state index in [1.165, 1.54) is 0 Å². The summed E-state index contributed by atoms with van der Waals surface area (Å²) in [5.41, 5.74) is 11.7. The molecule has 0 aliphatic heterocycles. The van der Waals surface area contributed by atoms with E-state index in [-0.39, 0.29) is 11.6 Å². The SMILES string of the molecule is CO[Si](C)(OC)C(CCNCCN)C(C)N. The molecule has 0 amide bonds. The minimum Gasteiger partial charge on any atom is -0.398 e. The van der Waals surface area contributed by atoms with Crippen molar-refractivity contribution in [2.75, 3.05) is 33.9 Å². The van der Waals surface area contributed by atoms with Crippen LogP contribution in [0.3, 0.4) is 0 Å². The first-order chi connectivity index (χ1) is 7.51. The second-order valence-corrected chi connectivity index (χ2v) is 7.81. The van der Waals surface area contributed by atoms with Crippen molar-refractivity contribution >= 4 is 8.56 Å². The highest BCUT2D eigenvalue weighted by Gasteiger charge is 2.41. The number of hydrogen-bond donors (Lipinski definition) is 3. The molecule has 0 aliphatic rings. The molecule has 5 N–H and O–H groups in total. The highest BCUT2D eigenvalue weighted by atomic mass is 28.4. The molecule has 6 heteroatoms. The van der Waals surface area contributed by atoms with Crippen LogP contribution in [0.25, 0.3) is 0 Å². The van der Waals surface area contributed by atoms with E-state index in [4.69, 9.17) is 20.3 Å². The Hall–Kier alpha value is 0.0169. The van der Waals surface area contributed by atoms with E-state index in [2.05, 4.69) is 11.9 Å². The lowest BCUT2D eigenvalue weighted by Gasteiger charge is -2.34. The van der Waals surface area contributed by atoms with Crippen LogP contribution in [0.1, 0.15) is 13.3 Å². The lowest BCUT2D eigenvalue weighted by atomic mass is 10.2. The van der Waals surface area contributed by atoms with Gasteiger partial charge < -0.3 is 25.6 Å². The summed E-state index contributed by atoms with van der Waals surface area (Å²) in [4.78, 5) is 0. The lowest BCUT2D eigenvalue weighted by Crippen LogP contribution is -2.49. The topological polar surface area (TPSA) is 82.5 Å². The number of rotatable bonds is 9. The van der Waals surface area contributed by atoms with Crippen molar-refractivity contribution in [2.45, 2.75) is 31.5 Å². The van der Waals surface area contributed by atoms with Gasteiger partial charge in [-0.05, 0) is 26.4 Å². The first kappa shape index (κ1) is 16.0. The Balaban J connectivity index is 4.26. The molecule has 0 aromatic rings. The maximum absolute atomic E-state index is 6.01. The van der Waals surface area contributed by atoms with Crippen LogP contribution in [0.5, 0.6) is 0 Å². The molecule has 16 heavy (non-hydrogen) atoms. The summed E-state index contributed by atoms with van der Waals surface area (Å²) in [5.74, 6) is 0. The maximum atomic E-state index is 6.01. The molecular weight excluding hydrogens is 222 g/mol. The number of nitrogens with two attached hydrogens (primary N) is 2. The van der Waals surface area contributed by atoms with Gasteiger partial charge in [-0.1, -0.05) is 0 Å². The van der Waals surface area contributed by atoms with Crippen LogP contribution in [0.15, 0.2) is 0 Å². The Labute approximate surface area is 100 Å². The molecule has 2 atom stereocenters. The quantitative estimate of drug-likeness (QED) is 0.396. The molecule has 0 saturated heterocycles. The van der Waals surface area contributed by atoms with Crippen molar-refractivity contribution in [3.8, 4) is 0 Å². The molecule has 0 bridgehead atoms. The number of nitrogens with one attached hydrogen (secondary N) is 1. The lowest BCUT2D eigenvalue weighted by molar-refractivity contribution is 0.228. The van der Waals surface area contributed by atoms with Gasteiger partial charge in [-0.3, -0.25) is 0 Å². The molecule has 0 aromatic heterocycles. The Bertz CT molecular complexity index is 177. The number of hydrogen-bond acceptors (Lipinski definition) is 5. The summed E-state index contributed by atoms with van der Waals surface area (Å²) in [5, 5.41) is 3.27. The van der Waals surface area contributed by atoms with Gasteiger partial charge in [-0.25, -0.2) is 0 Å². The van der Waals surface area contributed by atoms with Crippen LogP contribution >= 0.6 is 0 Å². The Morgan fingerprint density at radius 1 is 1.25 bits per heavy atom. The molecule has 0 saturated carbocycles. The van der Waals surface area contributed by atoms with Gasteiger partial charge in [0.05, 0.1) is 0 Å². The van der Waals surface area contributed by atoms with Gasteiger partial charge in [0.2, 0.25) is 0 Å². The van der Waals surface area contributed by atoms with Gasteiger partial charge in [0.15, 0.2) is 0 Å². The third kappa shape index (κ3) is 4.90. The average Bonchev–Trinajstić information content (AvgIpc) is 2.27.